The molecule has 0 unspecified atom stereocenters. The first-order chi connectivity index (χ1) is 13.8. The first-order valence-electron chi connectivity index (χ1n) is 10.6. The van der Waals surface area contributed by atoms with E-state index in [1.165, 1.54) is 0 Å². The lowest BCUT2D eigenvalue weighted by Crippen LogP contribution is -2.58. The summed E-state index contributed by atoms with van der Waals surface area (Å²) in [7, 11) is 0. The van der Waals surface area contributed by atoms with Crippen LogP contribution >= 0.6 is 0 Å². The van der Waals surface area contributed by atoms with Crippen molar-refractivity contribution in [1.29, 1.82) is 0 Å². The van der Waals surface area contributed by atoms with Crippen LogP contribution in [0.1, 0.15) is 58.8 Å². The third-order valence-electron chi connectivity index (χ3n) is 6.76. The summed E-state index contributed by atoms with van der Waals surface area (Å²) in [6.07, 6.45) is 5.34. The number of nitrogens with one attached hydrogen (secondary N) is 1. The Morgan fingerprint density at radius 3 is 1.93 bits per heavy atom. The molecule has 0 aromatic rings. The third kappa shape index (κ3) is 4.56. The fourth-order valence-electron chi connectivity index (χ4n) is 6.00. The Hall–Kier alpha value is -2.12. The smallest absolute Gasteiger partial charge is 0.327 e. The van der Waals surface area contributed by atoms with Crippen molar-refractivity contribution in [2.24, 2.45) is 29.1 Å². The Morgan fingerprint density at radius 2 is 1.48 bits per heavy atom. The van der Waals surface area contributed by atoms with E-state index in [4.69, 9.17) is 9.47 Å². The summed E-state index contributed by atoms with van der Waals surface area (Å²) in [4.78, 5) is 49.6. The highest BCUT2D eigenvalue weighted by Crippen LogP contribution is 2.60. The molecular weight excluding hydrogens is 378 g/mol. The van der Waals surface area contributed by atoms with E-state index in [-0.39, 0.29) is 19.1 Å². The Labute approximate surface area is 170 Å². The summed E-state index contributed by atoms with van der Waals surface area (Å²) in [5, 5.41) is 12.4. The standard InChI is InChI=1S/C21H31NO7/c1-3-28-16(23)8-15(19(26)29-4-2)17(18(24)25)22-20(27)21-9-12-5-13(10-21)7-14(6-12)11-21/h12-15,17H,3-11H2,1-2H3,(H,22,27)(H,24,25)/t12?,13?,14?,15-,17+,21?/m1/s1. The molecule has 0 radical (unpaired) electrons. The van der Waals surface area contributed by atoms with Crippen LogP contribution in [0.2, 0.25) is 0 Å². The number of amides is 1. The second-order valence-corrected chi connectivity index (χ2v) is 8.85. The third-order valence-corrected chi connectivity index (χ3v) is 6.76. The lowest BCUT2D eigenvalue weighted by atomic mass is 9.49. The Kier molecular flexibility index (Phi) is 6.49. The number of hydrogen-bond donors (Lipinski definition) is 2. The van der Waals surface area contributed by atoms with Crippen molar-refractivity contribution in [3.05, 3.63) is 0 Å². The van der Waals surface area contributed by atoms with Crippen LogP contribution in [0, 0.1) is 29.1 Å². The Balaban J connectivity index is 1.77. The summed E-state index contributed by atoms with van der Waals surface area (Å²) < 4.78 is 9.87. The average molecular weight is 409 g/mol. The van der Waals surface area contributed by atoms with Crippen molar-refractivity contribution in [2.75, 3.05) is 13.2 Å². The minimum Gasteiger partial charge on any atom is -0.480 e. The lowest BCUT2D eigenvalue weighted by molar-refractivity contribution is -0.162. The van der Waals surface area contributed by atoms with Crippen molar-refractivity contribution in [2.45, 2.75) is 64.8 Å². The van der Waals surface area contributed by atoms with Gasteiger partial charge in [0, 0.05) is 5.41 Å². The lowest BCUT2D eigenvalue weighted by Gasteiger charge is -2.55. The van der Waals surface area contributed by atoms with Crippen LogP contribution in [0.3, 0.4) is 0 Å². The SMILES string of the molecule is CCOC(=O)C[C@@H](C(=O)OCC)[C@H](NC(=O)C12CC3CC(CC(C3)C1)C2)C(=O)O. The van der Waals surface area contributed by atoms with Gasteiger partial charge in [0.25, 0.3) is 0 Å². The van der Waals surface area contributed by atoms with Gasteiger partial charge >= 0.3 is 17.9 Å². The molecule has 0 aliphatic heterocycles. The van der Waals surface area contributed by atoms with Crippen molar-refractivity contribution in [1.82, 2.24) is 5.32 Å². The van der Waals surface area contributed by atoms with Gasteiger partial charge in [-0.25, -0.2) is 4.79 Å². The number of carbonyl (C=O) groups excluding carboxylic acids is 3. The molecule has 0 aromatic carbocycles. The molecule has 0 saturated heterocycles. The molecule has 4 saturated carbocycles. The largest absolute Gasteiger partial charge is 0.480 e. The maximum Gasteiger partial charge on any atom is 0.327 e. The zero-order valence-electron chi connectivity index (χ0n) is 17.1. The molecule has 29 heavy (non-hydrogen) atoms. The predicted molar refractivity (Wildman–Crippen MR) is 102 cm³/mol. The van der Waals surface area contributed by atoms with E-state index < -0.39 is 41.7 Å². The molecular formula is C21H31NO7. The summed E-state index contributed by atoms with van der Waals surface area (Å²) >= 11 is 0. The van der Waals surface area contributed by atoms with Gasteiger partial charge in [0.05, 0.1) is 25.6 Å². The molecule has 4 fully saturated rings. The number of rotatable bonds is 9. The quantitative estimate of drug-likeness (QED) is 0.558. The van der Waals surface area contributed by atoms with E-state index in [0.29, 0.717) is 17.8 Å². The first-order valence-corrected chi connectivity index (χ1v) is 10.6. The van der Waals surface area contributed by atoms with Gasteiger partial charge in [0.1, 0.15) is 6.04 Å². The van der Waals surface area contributed by atoms with Crippen LogP contribution in [-0.4, -0.2) is 48.2 Å². The topological polar surface area (TPSA) is 119 Å². The summed E-state index contributed by atoms with van der Waals surface area (Å²) in [6.45, 7) is 3.39. The summed E-state index contributed by atoms with van der Waals surface area (Å²) in [6, 6.07) is -1.53. The molecule has 162 valence electrons. The van der Waals surface area contributed by atoms with Gasteiger partial charge in [-0.15, -0.1) is 0 Å². The second-order valence-electron chi connectivity index (χ2n) is 8.85. The minimum atomic E-state index is -1.53. The maximum atomic E-state index is 13.3. The zero-order valence-corrected chi connectivity index (χ0v) is 17.1. The number of aliphatic carboxylic acids is 1. The highest BCUT2D eigenvalue weighted by atomic mass is 16.5. The van der Waals surface area contributed by atoms with Crippen LogP contribution in [0.5, 0.6) is 0 Å². The van der Waals surface area contributed by atoms with E-state index in [1.54, 1.807) is 13.8 Å². The van der Waals surface area contributed by atoms with E-state index >= 15 is 0 Å². The van der Waals surface area contributed by atoms with Crippen molar-refractivity contribution < 1.29 is 33.8 Å². The number of ether oxygens (including phenoxy) is 2. The molecule has 0 spiro atoms. The van der Waals surface area contributed by atoms with Crippen molar-refractivity contribution >= 4 is 23.8 Å². The number of hydrogen-bond acceptors (Lipinski definition) is 6. The van der Waals surface area contributed by atoms with Crippen molar-refractivity contribution in [3.63, 3.8) is 0 Å². The van der Waals surface area contributed by atoms with Gasteiger partial charge in [0.15, 0.2) is 0 Å². The molecule has 2 atom stereocenters. The zero-order chi connectivity index (χ0) is 21.2. The fourth-order valence-corrected chi connectivity index (χ4v) is 6.00. The summed E-state index contributed by atoms with van der Waals surface area (Å²) in [5.41, 5.74) is -0.550. The van der Waals surface area contributed by atoms with E-state index in [2.05, 4.69) is 5.32 Å². The summed E-state index contributed by atoms with van der Waals surface area (Å²) in [5.74, 6) is -2.93. The van der Waals surface area contributed by atoms with Gasteiger partial charge in [-0.2, -0.15) is 0 Å². The highest BCUT2D eigenvalue weighted by molar-refractivity contribution is 5.92. The molecule has 4 aliphatic carbocycles. The van der Waals surface area contributed by atoms with Crippen LogP contribution in [-0.2, 0) is 28.7 Å². The number of carboxylic acid groups (broad SMARTS) is 1. The van der Waals surface area contributed by atoms with Crippen molar-refractivity contribution in [3.8, 4) is 0 Å². The predicted octanol–water partition coefficient (Wildman–Crippen LogP) is 1.90. The molecule has 2 N–H and O–H groups in total. The van der Waals surface area contributed by atoms with Crippen LogP contribution in [0.25, 0.3) is 0 Å². The normalized spacial score (nSPS) is 31.6. The average Bonchev–Trinajstić information content (AvgIpc) is 2.63. The van der Waals surface area contributed by atoms with Gasteiger partial charge in [-0.3, -0.25) is 14.4 Å². The molecule has 4 aliphatic rings. The van der Waals surface area contributed by atoms with Crippen LogP contribution < -0.4 is 5.32 Å². The highest BCUT2D eigenvalue weighted by Gasteiger charge is 2.55. The van der Waals surface area contributed by atoms with Crippen LogP contribution in [0.15, 0.2) is 0 Å². The number of carbonyl (C=O) groups is 4. The van der Waals surface area contributed by atoms with Gasteiger partial charge in [-0.05, 0) is 70.1 Å². The molecule has 0 aromatic heterocycles. The van der Waals surface area contributed by atoms with Gasteiger partial charge in [0.2, 0.25) is 5.91 Å². The van der Waals surface area contributed by atoms with E-state index in [0.717, 1.165) is 38.5 Å². The van der Waals surface area contributed by atoms with E-state index in [1.807, 2.05) is 0 Å². The Morgan fingerprint density at radius 1 is 0.966 bits per heavy atom. The number of carboxylic acids is 1. The molecule has 8 nitrogen and oxygen atoms in total. The first kappa shape index (κ1) is 21.6. The van der Waals surface area contributed by atoms with Gasteiger partial charge < -0.3 is 19.9 Å². The molecule has 0 heterocycles. The van der Waals surface area contributed by atoms with Crippen LogP contribution in [0.4, 0.5) is 0 Å². The second kappa shape index (κ2) is 8.71. The molecule has 1 amide bonds. The molecule has 8 heteroatoms. The van der Waals surface area contributed by atoms with E-state index in [9.17, 15) is 24.3 Å². The Bertz CT molecular complexity index is 639. The molecule has 4 bridgehead atoms. The monoisotopic (exact) mass is 409 g/mol. The maximum absolute atomic E-state index is 13.3. The fraction of sp³-hybridized carbons (Fsp3) is 0.810. The minimum absolute atomic E-state index is 0.0490. The molecule has 4 rings (SSSR count). The van der Waals surface area contributed by atoms with Gasteiger partial charge in [-0.1, -0.05) is 0 Å². The number of esters is 2.